The molecule has 13 heteroatoms. The standard InChI is InChI=1S/C47H58N4O9/c1-25(13-29-17-33(53-5)43(48)34(18-29)54-6)41(26(2)14-30-19-35(55-7)44(49)36(20-30)56-8)47(52)42(27(3)15-31-21-37(57-9)45(50)38(22-31)58-10)28(4)16-32-23-39(59-11)46(51)40(24-32)60-12/h13-24,41-42H,48-51H2,1-12H3. The van der Waals surface area contributed by atoms with Crippen molar-refractivity contribution in [2.45, 2.75) is 27.7 Å². The second-order valence-electron chi connectivity index (χ2n) is 14.2. The topological polar surface area (TPSA) is 195 Å². The second kappa shape index (κ2) is 20.2. The molecule has 0 unspecified atom stereocenters. The highest BCUT2D eigenvalue weighted by molar-refractivity contribution is 5.96. The number of Topliss-reactive ketones (excluding diaryl/α,β-unsaturated/α-hetero) is 1. The van der Waals surface area contributed by atoms with Crippen LogP contribution in [0.15, 0.2) is 70.8 Å². The molecule has 0 aliphatic carbocycles. The normalized spacial score (nSPS) is 13.3. The van der Waals surface area contributed by atoms with Gasteiger partial charge < -0.3 is 60.8 Å². The predicted octanol–water partition coefficient (Wildman–Crippen LogP) is 8.60. The molecule has 0 aliphatic heterocycles. The van der Waals surface area contributed by atoms with Crippen molar-refractivity contribution in [1.29, 1.82) is 0 Å². The van der Waals surface area contributed by atoms with E-state index in [4.69, 9.17) is 60.8 Å². The lowest BCUT2D eigenvalue weighted by atomic mass is 9.76. The third-order valence-corrected chi connectivity index (χ3v) is 10.2. The predicted molar refractivity (Wildman–Crippen MR) is 242 cm³/mol. The van der Waals surface area contributed by atoms with Crippen LogP contribution in [-0.4, -0.2) is 62.7 Å². The summed E-state index contributed by atoms with van der Waals surface area (Å²) < 4.78 is 44.6. The van der Waals surface area contributed by atoms with E-state index in [2.05, 4.69) is 0 Å². The number of anilines is 4. The summed E-state index contributed by atoms with van der Waals surface area (Å²) >= 11 is 0. The van der Waals surface area contributed by atoms with Crippen molar-refractivity contribution in [3.63, 3.8) is 0 Å². The number of carbonyl (C=O) groups excluding carboxylic acids is 1. The first-order valence-corrected chi connectivity index (χ1v) is 18.9. The molecule has 0 spiro atoms. The third kappa shape index (κ3) is 10.0. The molecule has 0 amide bonds. The minimum absolute atomic E-state index is 0.118. The van der Waals surface area contributed by atoms with E-state index in [9.17, 15) is 0 Å². The van der Waals surface area contributed by atoms with Crippen molar-refractivity contribution in [3.05, 3.63) is 93.1 Å². The van der Waals surface area contributed by atoms with Gasteiger partial charge in [-0.1, -0.05) is 46.6 Å². The largest absolute Gasteiger partial charge is 0.494 e. The Balaban J connectivity index is 2.06. The molecule has 0 saturated carbocycles. The minimum atomic E-state index is -0.781. The van der Waals surface area contributed by atoms with Gasteiger partial charge in [0.05, 0.1) is 68.7 Å². The van der Waals surface area contributed by atoms with E-state index in [-0.39, 0.29) is 5.78 Å². The SMILES string of the molecule is COc1cc(C=C(C)C(C(=O)C(C(C)=Cc2cc(OC)c(N)c(OC)c2)C(C)=Cc2cc(OC)c(N)c(OC)c2)C(C)=Cc2cc(OC)c(N)c(OC)c2)cc(OC)c1N. The van der Waals surface area contributed by atoms with Crippen molar-refractivity contribution in [1.82, 2.24) is 0 Å². The lowest BCUT2D eigenvalue weighted by Gasteiger charge is -2.27. The van der Waals surface area contributed by atoms with Crippen molar-refractivity contribution in [2.75, 3.05) is 79.8 Å². The Kier molecular flexibility index (Phi) is 15.4. The van der Waals surface area contributed by atoms with E-state index in [1.165, 1.54) is 56.9 Å². The number of benzene rings is 4. The van der Waals surface area contributed by atoms with Crippen LogP contribution in [0.5, 0.6) is 46.0 Å². The molecule has 0 radical (unpaired) electrons. The Bertz CT molecular complexity index is 1930. The summed E-state index contributed by atoms with van der Waals surface area (Å²) in [6.07, 6.45) is 7.70. The molecule has 4 aromatic rings. The molecule has 0 aliphatic rings. The number of nitrogens with two attached hydrogens (primary N) is 4. The summed E-state index contributed by atoms with van der Waals surface area (Å²) in [5.74, 6) is 1.79. The number of rotatable bonds is 18. The first-order valence-electron chi connectivity index (χ1n) is 18.9. The van der Waals surface area contributed by atoms with Crippen LogP contribution in [0.4, 0.5) is 22.7 Å². The molecular weight excluding hydrogens is 765 g/mol. The molecule has 0 aromatic heterocycles. The van der Waals surface area contributed by atoms with Crippen LogP contribution in [-0.2, 0) is 4.79 Å². The summed E-state index contributed by atoms with van der Waals surface area (Å²) in [6.45, 7) is 7.67. The zero-order valence-corrected chi connectivity index (χ0v) is 36.6. The van der Waals surface area contributed by atoms with Gasteiger partial charge in [-0.15, -0.1) is 0 Å². The Morgan fingerprint density at radius 2 is 0.517 bits per heavy atom. The molecule has 4 aromatic carbocycles. The smallest absolute Gasteiger partial charge is 0.155 e. The number of ether oxygens (including phenoxy) is 8. The maximum absolute atomic E-state index is 15.7. The molecule has 60 heavy (non-hydrogen) atoms. The Morgan fingerprint density at radius 1 is 0.367 bits per heavy atom. The van der Waals surface area contributed by atoms with Crippen LogP contribution in [0, 0.1) is 11.8 Å². The van der Waals surface area contributed by atoms with Crippen molar-refractivity contribution in [3.8, 4) is 46.0 Å². The first kappa shape index (κ1) is 45.8. The minimum Gasteiger partial charge on any atom is -0.494 e. The Labute approximate surface area is 353 Å². The highest BCUT2D eigenvalue weighted by Crippen LogP contribution is 2.41. The van der Waals surface area contributed by atoms with Crippen LogP contribution in [0.25, 0.3) is 24.3 Å². The van der Waals surface area contributed by atoms with Crippen molar-refractivity contribution in [2.24, 2.45) is 11.8 Å². The highest BCUT2D eigenvalue weighted by atomic mass is 16.5. The number of allylic oxidation sites excluding steroid dienone is 4. The lowest BCUT2D eigenvalue weighted by molar-refractivity contribution is -0.122. The third-order valence-electron chi connectivity index (χ3n) is 10.2. The van der Waals surface area contributed by atoms with Crippen LogP contribution in [0.3, 0.4) is 0 Å². The van der Waals surface area contributed by atoms with Crippen LogP contribution >= 0.6 is 0 Å². The van der Waals surface area contributed by atoms with E-state index in [1.54, 1.807) is 48.5 Å². The molecule has 0 heterocycles. The number of nitrogen functional groups attached to an aromatic ring is 4. The fraction of sp³-hybridized carbons (Fsp3) is 0.298. The fourth-order valence-corrected chi connectivity index (χ4v) is 7.34. The van der Waals surface area contributed by atoms with E-state index in [1.807, 2.05) is 52.0 Å². The van der Waals surface area contributed by atoms with Gasteiger partial charge in [0.1, 0.15) is 68.7 Å². The monoisotopic (exact) mass is 822 g/mol. The zero-order valence-electron chi connectivity index (χ0n) is 36.6. The summed E-state index contributed by atoms with van der Waals surface area (Å²) in [5.41, 5.74) is 32.5. The van der Waals surface area contributed by atoms with E-state index >= 15 is 4.79 Å². The molecular formula is C47H58N4O9. The van der Waals surface area contributed by atoms with E-state index < -0.39 is 11.8 Å². The molecule has 0 fully saturated rings. The van der Waals surface area contributed by atoms with Gasteiger partial charge in [-0.3, -0.25) is 4.79 Å². The molecule has 13 nitrogen and oxygen atoms in total. The van der Waals surface area contributed by atoms with Gasteiger partial charge in [0.15, 0.2) is 5.78 Å². The quantitative estimate of drug-likeness (QED) is 0.0698. The highest BCUT2D eigenvalue weighted by Gasteiger charge is 2.32. The maximum Gasteiger partial charge on any atom is 0.155 e. The van der Waals surface area contributed by atoms with Crippen molar-refractivity contribution >= 4 is 52.8 Å². The number of hydrogen-bond donors (Lipinski definition) is 4. The maximum atomic E-state index is 15.7. The number of ketones is 1. The van der Waals surface area contributed by atoms with Gasteiger partial charge in [-0.05, 0) is 98.5 Å². The lowest BCUT2D eigenvalue weighted by Crippen LogP contribution is -2.27. The Morgan fingerprint density at radius 3 is 0.650 bits per heavy atom. The summed E-state index contributed by atoms with van der Waals surface area (Å²) in [4.78, 5) is 15.7. The molecule has 8 N–H and O–H groups in total. The number of methoxy groups -OCH3 is 8. The number of hydrogen-bond acceptors (Lipinski definition) is 13. The molecule has 0 saturated heterocycles. The van der Waals surface area contributed by atoms with Gasteiger partial charge in [-0.2, -0.15) is 0 Å². The van der Waals surface area contributed by atoms with Crippen LogP contribution < -0.4 is 60.8 Å². The summed E-state index contributed by atoms with van der Waals surface area (Å²) in [6, 6.07) is 14.4. The van der Waals surface area contributed by atoms with Crippen LogP contribution in [0.2, 0.25) is 0 Å². The van der Waals surface area contributed by atoms with E-state index in [0.717, 1.165) is 44.5 Å². The molecule has 320 valence electrons. The second-order valence-corrected chi connectivity index (χ2v) is 14.2. The molecule has 0 bridgehead atoms. The van der Waals surface area contributed by atoms with Crippen molar-refractivity contribution < 1.29 is 42.7 Å². The van der Waals surface area contributed by atoms with Gasteiger partial charge in [0, 0.05) is 0 Å². The zero-order chi connectivity index (χ0) is 44.4. The molecule has 4 rings (SSSR count). The van der Waals surface area contributed by atoms with Gasteiger partial charge >= 0.3 is 0 Å². The molecule has 0 atom stereocenters. The Hall–Kier alpha value is -6.89. The van der Waals surface area contributed by atoms with Gasteiger partial charge in [0.25, 0.3) is 0 Å². The van der Waals surface area contributed by atoms with E-state index in [0.29, 0.717) is 68.7 Å². The fourth-order valence-electron chi connectivity index (χ4n) is 7.34. The van der Waals surface area contributed by atoms with Gasteiger partial charge in [0.2, 0.25) is 0 Å². The first-order chi connectivity index (χ1) is 28.6. The van der Waals surface area contributed by atoms with Gasteiger partial charge in [-0.25, -0.2) is 0 Å². The summed E-state index contributed by atoms with van der Waals surface area (Å²) in [7, 11) is 12.3. The van der Waals surface area contributed by atoms with Crippen LogP contribution in [0.1, 0.15) is 49.9 Å². The average molecular weight is 823 g/mol. The number of carbonyl (C=O) groups is 1. The average Bonchev–Trinajstić information content (AvgIpc) is 3.22. The summed E-state index contributed by atoms with van der Waals surface area (Å²) in [5, 5.41) is 0.